The molecule has 1 fully saturated rings. The molecule has 0 amide bonds. The van der Waals surface area contributed by atoms with Crippen molar-refractivity contribution in [3.05, 3.63) is 33.4 Å². The van der Waals surface area contributed by atoms with Crippen LogP contribution in [0.1, 0.15) is 31.7 Å². The predicted octanol–water partition coefficient (Wildman–Crippen LogP) is 2.49. The molecule has 2 rings (SSSR count). The van der Waals surface area contributed by atoms with Crippen LogP contribution < -0.4 is 4.72 Å². The van der Waals surface area contributed by atoms with Crippen LogP contribution in [0.25, 0.3) is 0 Å². The van der Waals surface area contributed by atoms with E-state index in [0.717, 1.165) is 5.56 Å². The molecule has 1 aliphatic rings. The average molecular weight is 409 g/mol. The molecule has 0 saturated carbocycles. The third kappa shape index (κ3) is 3.93. The van der Waals surface area contributed by atoms with E-state index < -0.39 is 15.3 Å². The van der Waals surface area contributed by atoms with Gasteiger partial charge in [-0.05, 0) is 60.6 Å². The van der Waals surface area contributed by atoms with Crippen molar-refractivity contribution in [3.63, 3.8) is 0 Å². The third-order valence-corrected chi connectivity index (χ3v) is 6.18. The number of sulfonamides is 1. The molecule has 0 bridgehead atoms. The summed E-state index contributed by atoms with van der Waals surface area (Å²) in [5.74, 6) is 0.0780. The quantitative estimate of drug-likeness (QED) is 0.778. The molecule has 1 aromatic rings. The summed E-state index contributed by atoms with van der Waals surface area (Å²) in [4.78, 5) is 0. The second kappa shape index (κ2) is 6.72. The second-order valence-electron chi connectivity index (χ2n) is 5.34. The van der Waals surface area contributed by atoms with Crippen molar-refractivity contribution in [2.45, 2.75) is 37.5 Å². The minimum Gasteiger partial charge on any atom is -0.381 e. The van der Waals surface area contributed by atoms with Crippen LogP contribution in [0.5, 0.6) is 0 Å². The van der Waals surface area contributed by atoms with Crippen molar-refractivity contribution in [1.29, 1.82) is 0 Å². The van der Waals surface area contributed by atoms with Gasteiger partial charge in [0.25, 0.3) is 0 Å². The van der Waals surface area contributed by atoms with Gasteiger partial charge >= 0.3 is 0 Å². The molecular weight excluding hydrogens is 389 g/mol. The number of nitrogens with one attached hydrogen (secondary N) is 1. The van der Waals surface area contributed by atoms with Crippen LogP contribution in [0.3, 0.4) is 0 Å². The first kappa shape index (κ1) is 16.2. The lowest BCUT2D eigenvalue weighted by molar-refractivity contribution is 0.0653. The first-order chi connectivity index (χ1) is 9.40. The summed E-state index contributed by atoms with van der Waals surface area (Å²) in [5.41, 5.74) is 1.13. The van der Waals surface area contributed by atoms with Gasteiger partial charge in [0.1, 0.15) is 0 Å². The molecule has 4 nitrogen and oxygen atoms in total. The zero-order valence-electron chi connectivity index (χ0n) is 11.7. The van der Waals surface area contributed by atoms with E-state index in [2.05, 4.69) is 39.4 Å². The van der Waals surface area contributed by atoms with E-state index in [0.29, 0.717) is 19.6 Å². The molecular formula is C14H20INO3S. The van der Waals surface area contributed by atoms with Crippen LogP contribution in [-0.4, -0.2) is 32.9 Å². The largest absolute Gasteiger partial charge is 0.381 e. The Bertz CT molecular complexity index is 542. The number of halogens is 1. The molecule has 0 spiro atoms. The van der Waals surface area contributed by atoms with Crippen molar-refractivity contribution in [2.24, 2.45) is 0 Å². The number of benzene rings is 1. The molecule has 112 valence electrons. The van der Waals surface area contributed by atoms with Crippen LogP contribution in [0.15, 0.2) is 24.3 Å². The lowest BCUT2D eigenvalue weighted by Gasteiger charge is -2.32. The highest BCUT2D eigenvalue weighted by Gasteiger charge is 2.31. The van der Waals surface area contributed by atoms with Crippen molar-refractivity contribution in [1.82, 2.24) is 4.72 Å². The first-order valence-corrected chi connectivity index (χ1v) is 9.37. The zero-order chi connectivity index (χ0) is 14.8. The molecule has 0 aromatic heterocycles. The second-order valence-corrected chi connectivity index (χ2v) is 8.85. The van der Waals surface area contributed by atoms with E-state index in [1.54, 1.807) is 13.8 Å². The van der Waals surface area contributed by atoms with Crippen molar-refractivity contribution < 1.29 is 13.2 Å². The maximum absolute atomic E-state index is 12.1. The van der Waals surface area contributed by atoms with Gasteiger partial charge in [-0.3, -0.25) is 0 Å². The molecule has 6 heteroatoms. The van der Waals surface area contributed by atoms with Crippen molar-refractivity contribution >= 4 is 32.6 Å². The maximum atomic E-state index is 12.1. The fraction of sp³-hybridized carbons (Fsp3) is 0.571. The topological polar surface area (TPSA) is 55.4 Å². The highest BCUT2D eigenvalue weighted by molar-refractivity contribution is 14.1. The molecule has 1 heterocycles. The van der Waals surface area contributed by atoms with E-state index in [9.17, 15) is 8.42 Å². The Labute approximate surface area is 134 Å². The summed E-state index contributed by atoms with van der Waals surface area (Å²) in [6.45, 7) is 4.56. The molecule has 1 aromatic carbocycles. The number of ether oxygens (including phenoxy) is 1. The minimum atomic E-state index is -3.25. The van der Waals surface area contributed by atoms with Gasteiger partial charge < -0.3 is 4.74 Å². The molecule has 0 radical (unpaired) electrons. The summed E-state index contributed by atoms with van der Waals surface area (Å²) < 4.78 is 33.7. The van der Waals surface area contributed by atoms with Crippen LogP contribution in [0.2, 0.25) is 0 Å². The summed E-state index contributed by atoms with van der Waals surface area (Å²) >= 11 is 2.26. The smallest absolute Gasteiger partial charge is 0.214 e. The van der Waals surface area contributed by atoms with Gasteiger partial charge in [0, 0.05) is 22.1 Å². The predicted molar refractivity (Wildman–Crippen MR) is 88.3 cm³/mol. The number of rotatable bonds is 4. The van der Waals surface area contributed by atoms with E-state index in [1.807, 2.05) is 12.1 Å². The highest BCUT2D eigenvalue weighted by Crippen LogP contribution is 2.27. The Balaban J connectivity index is 2.19. The molecule has 1 aliphatic heterocycles. The molecule has 1 saturated heterocycles. The van der Waals surface area contributed by atoms with Gasteiger partial charge in [-0.25, -0.2) is 13.1 Å². The molecule has 0 unspecified atom stereocenters. The Morgan fingerprint density at radius 3 is 2.55 bits per heavy atom. The van der Waals surface area contributed by atoms with Crippen LogP contribution in [0.4, 0.5) is 0 Å². The zero-order valence-corrected chi connectivity index (χ0v) is 14.6. The number of hydrogen-bond donors (Lipinski definition) is 1. The van der Waals surface area contributed by atoms with Crippen molar-refractivity contribution in [2.75, 3.05) is 13.2 Å². The fourth-order valence-corrected chi connectivity index (χ4v) is 3.60. The molecule has 1 N–H and O–H groups in total. The summed E-state index contributed by atoms with van der Waals surface area (Å²) in [6, 6.07) is 8.10. The lowest BCUT2D eigenvalue weighted by Crippen LogP contribution is -2.46. The van der Waals surface area contributed by atoms with Gasteiger partial charge in [-0.1, -0.05) is 12.1 Å². The summed E-state index contributed by atoms with van der Waals surface area (Å²) in [6.07, 6.45) is 0.711. The Morgan fingerprint density at radius 2 is 1.95 bits per heavy atom. The van der Waals surface area contributed by atoms with Crippen LogP contribution in [0, 0.1) is 3.57 Å². The van der Waals surface area contributed by atoms with Gasteiger partial charge in [-0.2, -0.15) is 0 Å². The number of hydrogen-bond acceptors (Lipinski definition) is 3. The summed E-state index contributed by atoms with van der Waals surface area (Å²) in [7, 11) is -3.25. The molecule has 0 aliphatic carbocycles. The van der Waals surface area contributed by atoms with Crippen LogP contribution >= 0.6 is 22.6 Å². The lowest BCUT2D eigenvalue weighted by atomic mass is 9.89. The average Bonchev–Trinajstić information content (AvgIpc) is 2.40. The fourth-order valence-electron chi connectivity index (χ4n) is 2.26. The Morgan fingerprint density at radius 1 is 1.30 bits per heavy atom. The standard InChI is InChI=1S/C14H20INO3S/c1-10(2)20(17,18)16-14-7-8-19-9-13(14)11-3-5-12(15)6-4-11/h3-6,10,13-14,16H,7-9H2,1-2H3/t13-,14-/m0/s1. The van der Waals surface area contributed by atoms with Gasteiger partial charge in [0.15, 0.2) is 0 Å². The normalized spacial score (nSPS) is 24.0. The molecule has 20 heavy (non-hydrogen) atoms. The van der Waals surface area contributed by atoms with E-state index >= 15 is 0 Å². The summed E-state index contributed by atoms with van der Waals surface area (Å²) in [5, 5.41) is -0.414. The first-order valence-electron chi connectivity index (χ1n) is 6.74. The van der Waals surface area contributed by atoms with Gasteiger partial charge in [0.05, 0.1) is 11.9 Å². The SMILES string of the molecule is CC(C)S(=O)(=O)N[C@H]1CCOC[C@H]1c1ccc(I)cc1. The molecule has 2 atom stereocenters. The minimum absolute atomic E-state index is 0.0780. The maximum Gasteiger partial charge on any atom is 0.214 e. The van der Waals surface area contributed by atoms with Gasteiger partial charge in [-0.15, -0.1) is 0 Å². The Hall–Kier alpha value is -0.180. The highest BCUT2D eigenvalue weighted by atomic mass is 127. The van der Waals surface area contributed by atoms with Gasteiger partial charge in [0.2, 0.25) is 10.0 Å². The third-order valence-electron chi connectivity index (χ3n) is 3.59. The van der Waals surface area contributed by atoms with Crippen molar-refractivity contribution in [3.8, 4) is 0 Å². The monoisotopic (exact) mass is 409 g/mol. The van der Waals surface area contributed by atoms with Crippen LogP contribution in [-0.2, 0) is 14.8 Å². The van der Waals surface area contributed by atoms with E-state index in [-0.39, 0.29) is 12.0 Å². The van der Waals surface area contributed by atoms with E-state index in [1.165, 1.54) is 3.57 Å². The Kier molecular flexibility index (Phi) is 5.44. The van der Waals surface area contributed by atoms with E-state index in [4.69, 9.17) is 4.74 Å².